The van der Waals surface area contributed by atoms with Crippen molar-refractivity contribution in [1.82, 2.24) is 0 Å². The van der Waals surface area contributed by atoms with Crippen molar-refractivity contribution < 1.29 is 4.74 Å². The van der Waals surface area contributed by atoms with Crippen LogP contribution in [0, 0.1) is 0 Å². The lowest BCUT2D eigenvalue weighted by Crippen LogP contribution is -2.44. The number of hydrogen-bond acceptors (Lipinski definition) is 1. The van der Waals surface area contributed by atoms with Gasteiger partial charge in [0, 0.05) is 6.42 Å². The molecule has 1 heterocycles. The Morgan fingerprint density at radius 2 is 2.00 bits per heavy atom. The maximum atomic E-state index is 5.69. The van der Waals surface area contributed by atoms with Crippen molar-refractivity contribution in [2.24, 2.45) is 0 Å². The van der Waals surface area contributed by atoms with Crippen LogP contribution in [0.2, 0.25) is 0 Å². The van der Waals surface area contributed by atoms with E-state index >= 15 is 0 Å². The average molecular weight is 216 g/mol. The zero-order chi connectivity index (χ0) is 11.4. The van der Waals surface area contributed by atoms with Crippen LogP contribution in [-0.4, -0.2) is 11.7 Å². The molecular weight excluding hydrogens is 196 g/mol. The lowest BCUT2D eigenvalue weighted by molar-refractivity contribution is -0.161. The first kappa shape index (κ1) is 11.4. The van der Waals surface area contributed by atoms with Gasteiger partial charge in [0.05, 0.1) is 11.7 Å². The van der Waals surface area contributed by atoms with Crippen molar-refractivity contribution in [1.29, 1.82) is 0 Å². The summed E-state index contributed by atoms with van der Waals surface area (Å²) in [4.78, 5) is 0. The van der Waals surface area contributed by atoms with Crippen LogP contribution >= 0.6 is 0 Å². The number of hydrogen-bond donors (Lipinski definition) is 0. The van der Waals surface area contributed by atoms with Crippen LogP contribution < -0.4 is 0 Å². The van der Waals surface area contributed by atoms with Crippen LogP contribution in [0.25, 0.3) is 0 Å². The summed E-state index contributed by atoms with van der Waals surface area (Å²) in [7, 11) is 0. The minimum absolute atomic E-state index is 0.106. The molecule has 0 aromatic heterocycles. The Balaban J connectivity index is 1.67. The van der Waals surface area contributed by atoms with Crippen LogP contribution in [0.4, 0.5) is 0 Å². The minimum atomic E-state index is 0.106. The molecular formula is C15H20O. The Labute approximate surface area is 98.1 Å². The average Bonchev–Trinajstić information content (AvgIpc) is 2.23. The second-order valence-corrected chi connectivity index (χ2v) is 5.07. The fourth-order valence-electron chi connectivity index (χ4n) is 2.13. The number of aryl methyl sites for hydroxylation is 1. The fourth-order valence-corrected chi connectivity index (χ4v) is 2.13. The highest BCUT2D eigenvalue weighted by Gasteiger charge is 2.35. The minimum Gasteiger partial charge on any atom is -0.368 e. The summed E-state index contributed by atoms with van der Waals surface area (Å²) < 4.78 is 5.69. The molecule has 1 aliphatic rings. The van der Waals surface area contributed by atoms with Crippen molar-refractivity contribution in [2.75, 3.05) is 0 Å². The van der Waals surface area contributed by atoms with Crippen LogP contribution in [0.1, 0.15) is 32.3 Å². The first-order chi connectivity index (χ1) is 7.66. The van der Waals surface area contributed by atoms with Crippen molar-refractivity contribution >= 4 is 0 Å². The van der Waals surface area contributed by atoms with Crippen molar-refractivity contribution in [3.05, 3.63) is 48.0 Å². The molecule has 1 heteroatoms. The molecule has 0 bridgehead atoms. The van der Waals surface area contributed by atoms with E-state index in [0.29, 0.717) is 6.10 Å². The molecule has 1 fully saturated rings. The molecule has 1 atom stereocenters. The first-order valence-corrected chi connectivity index (χ1v) is 6.04. The fraction of sp³-hybridized carbons (Fsp3) is 0.467. The number of benzene rings is 1. The van der Waals surface area contributed by atoms with Gasteiger partial charge < -0.3 is 4.74 Å². The highest BCUT2D eigenvalue weighted by atomic mass is 16.5. The van der Waals surface area contributed by atoms with Gasteiger partial charge in [-0.25, -0.2) is 0 Å². The van der Waals surface area contributed by atoms with Gasteiger partial charge >= 0.3 is 0 Å². The van der Waals surface area contributed by atoms with E-state index in [-0.39, 0.29) is 5.60 Å². The monoisotopic (exact) mass is 216 g/mol. The zero-order valence-corrected chi connectivity index (χ0v) is 10.1. The Morgan fingerprint density at radius 3 is 2.62 bits per heavy atom. The standard InChI is InChI=1S/C15H20O/c1-15(2)12-14(16-15)11-7-6-10-13-8-4-3-5-9-13/h3-5,7-9,11,14H,6,10,12H2,1-2H3/b11-7+. The van der Waals surface area contributed by atoms with E-state index in [4.69, 9.17) is 4.74 Å². The molecule has 1 aliphatic heterocycles. The van der Waals surface area contributed by atoms with Gasteiger partial charge in [0.1, 0.15) is 0 Å². The summed E-state index contributed by atoms with van der Waals surface area (Å²) in [6.07, 6.45) is 8.17. The second-order valence-electron chi connectivity index (χ2n) is 5.07. The Hall–Kier alpha value is -1.08. The summed E-state index contributed by atoms with van der Waals surface area (Å²) >= 11 is 0. The van der Waals surface area contributed by atoms with Crippen molar-refractivity contribution in [2.45, 2.75) is 44.8 Å². The maximum Gasteiger partial charge on any atom is 0.0790 e. The third-order valence-electron chi connectivity index (χ3n) is 2.96. The molecule has 0 spiro atoms. The summed E-state index contributed by atoms with van der Waals surface area (Å²) in [5, 5.41) is 0. The maximum absolute atomic E-state index is 5.69. The highest BCUT2D eigenvalue weighted by molar-refractivity contribution is 5.15. The molecule has 1 nitrogen and oxygen atoms in total. The lowest BCUT2D eigenvalue weighted by atomic mass is 9.93. The zero-order valence-electron chi connectivity index (χ0n) is 10.1. The van der Waals surface area contributed by atoms with Gasteiger partial charge in [-0.3, -0.25) is 0 Å². The van der Waals surface area contributed by atoms with Gasteiger partial charge in [-0.05, 0) is 32.3 Å². The first-order valence-electron chi connectivity index (χ1n) is 6.04. The van der Waals surface area contributed by atoms with E-state index < -0.39 is 0 Å². The largest absolute Gasteiger partial charge is 0.368 e. The van der Waals surface area contributed by atoms with Gasteiger partial charge in [-0.2, -0.15) is 0 Å². The van der Waals surface area contributed by atoms with Crippen LogP contribution in [0.5, 0.6) is 0 Å². The van der Waals surface area contributed by atoms with Crippen LogP contribution in [0.15, 0.2) is 42.5 Å². The van der Waals surface area contributed by atoms with E-state index in [1.165, 1.54) is 5.56 Å². The van der Waals surface area contributed by atoms with E-state index in [1.54, 1.807) is 0 Å². The third-order valence-corrected chi connectivity index (χ3v) is 2.96. The van der Waals surface area contributed by atoms with E-state index in [0.717, 1.165) is 19.3 Å². The van der Waals surface area contributed by atoms with Gasteiger partial charge in [0.2, 0.25) is 0 Å². The molecule has 1 aromatic rings. The second kappa shape index (κ2) is 4.84. The molecule has 0 amide bonds. The number of ether oxygens (including phenoxy) is 1. The topological polar surface area (TPSA) is 9.23 Å². The number of allylic oxidation sites excluding steroid dienone is 1. The lowest BCUT2D eigenvalue weighted by Gasteiger charge is -2.41. The predicted molar refractivity (Wildman–Crippen MR) is 67.5 cm³/mol. The highest BCUT2D eigenvalue weighted by Crippen LogP contribution is 2.32. The SMILES string of the molecule is CC1(C)CC(/C=C/CCc2ccccc2)O1. The van der Waals surface area contributed by atoms with Crippen LogP contribution in [-0.2, 0) is 11.2 Å². The third kappa shape index (κ3) is 3.21. The van der Waals surface area contributed by atoms with Crippen LogP contribution in [0.3, 0.4) is 0 Å². The normalized spacial score (nSPS) is 23.2. The van der Waals surface area contributed by atoms with E-state index in [9.17, 15) is 0 Å². The van der Waals surface area contributed by atoms with Gasteiger partial charge in [0.15, 0.2) is 0 Å². The molecule has 0 aliphatic carbocycles. The molecule has 1 unspecified atom stereocenters. The summed E-state index contributed by atoms with van der Waals surface area (Å²) in [6, 6.07) is 10.6. The molecule has 1 aromatic carbocycles. The molecule has 0 saturated carbocycles. The predicted octanol–water partition coefficient (Wildman–Crippen LogP) is 3.74. The van der Waals surface area contributed by atoms with E-state index in [1.807, 2.05) is 0 Å². The van der Waals surface area contributed by atoms with Crippen molar-refractivity contribution in [3.8, 4) is 0 Å². The van der Waals surface area contributed by atoms with Crippen molar-refractivity contribution in [3.63, 3.8) is 0 Å². The summed E-state index contributed by atoms with van der Waals surface area (Å²) in [5.41, 5.74) is 1.51. The van der Waals surface area contributed by atoms with Gasteiger partial charge in [-0.1, -0.05) is 42.5 Å². The Morgan fingerprint density at radius 1 is 1.31 bits per heavy atom. The Kier molecular flexibility index (Phi) is 3.45. The van der Waals surface area contributed by atoms with Gasteiger partial charge in [0.25, 0.3) is 0 Å². The van der Waals surface area contributed by atoms with E-state index in [2.05, 4.69) is 56.3 Å². The summed E-state index contributed by atoms with van der Waals surface area (Å²) in [6.45, 7) is 4.28. The molecule has 0 radical (unpaired) electrons. The molecule has 16 heavy (non-hydrogen) atoms. The molecule has 0 N–H and O–H groups in total. The number of rotatable bonds is 4. The smallest absolute Gasteiger partial charge is 0.0790 e. The Bertz CT molecular complexity index is 343. The quantitative estimate of drug-likeness (QED) is 0.697. The van der Waals surface area contributed by atoms with Gasteiger partial charge in [-0.15, -0.1) is 0 Å². The molecule has 86 valence electrons. The summed E-state index contributed by atoms with van der Waals surface area (Å²) in [5.74, 6) is 0. The molecule has 2 rings (SSSR count). The molecule has 1 saturated heterocycles.